The molecule has 148 valence electrons. The van der Waals surface area contributed by atoms with E-state index in [0.29, 0.717) is 6.42 Å². The number of hydrogen-bond donors (Lipinski definition) is 1. The molecule has 2 unspecified atom stereocenters. The second kappa shape index (κ2) is 8.93. The average Bonchev–Trinajstić information content (AvgIpc) is 2.77. The molecule has 0 aromatic heterocycles. The molecule has 0 bridgehead atoms. The number of esters is 1. The summed E-state index contributed by atoms with van der Waals surface area (Å²) in [6.45, 7) is 0. The van der Waals surface area contributed by atoms with Gasteiger partial charge in [0.15, 0.2) is 0 Å². The zero-order valence-corrected chi connectivity index (χ0v) is 16.6. The van der Waals surface area contributed by atoms with E-state index in [1.54, 1.807) is 14.2 Å². The van der Waals surface area contributed by atoms with Crippen molar-refractivity contribution in [3.05, 3.63) is 65.2 Å². The van der Waals surface area contributed by atoms with Gasteiger partial charge >= 0.3 is 5.97 Å². The first kappa shape index (κ1) is 20.0. The lowest BCUT2D eigenvalue weighted by atomic mass is 9.82. The number of carbonyl (C=O) groups is 1. The average molecular weight is 381 g/mol. The van der Waals surface area contributed by atoms with Crippen LogP contribution in [0.4, 0.5) is 0 Å². The minimum absolute atomic E-state index is 0.124. The third-order valence-corrected chi connectivity index (χ3v) is 5.32. The summed E-state index contributed by atoms with van der Waals surface area (Å²) in [6, 6.07) is 13.4. The van der Waals surface area contributed by atoms with Crippen LogP contribution in [0.5, 0.6) is 11.5 Å². The molecule has 28 heavy (non-hydrogen) atoms. The molecule has 2 aromatic rings. The van der Waals surface area contributed by atoms with Gasteiger partial charge in [-0.1, -0.05) is 24.3 Å². The van der Waals surface area contributed by atoms with E-state index in [2.05, 4.69) is 6.08 Å². The lowest BCUT2D eigenvalue weighted by Gasteiger charge is -2.25. The minimum Gasteiger partial charge on any atom is -0.497 e. The summed E-state index contributed by atoms with van der Waals surface area (Å²) in [5, 5.41) is 0. The van der Waals surface area contributed by atoms with Gasteiger partial charge in [0.25, 0.3) is 0 Å². The smallest absolute Gasteiger partial charge is 0.309 e. The van der Waals surface area contributed by atoms with Crippen molar-refractivity contribution in [1.82, 2.24) is 0 Å². The van der Waals surface area contributed by atoms with E-state index < -0.39 is 0 Å². The third kappa shape index (κ3) is 4.20. The molecule has 2 aromatic carbocycles. The first-order chi connectivity index (χ1) is 13.6. The van der Waals surface area contributed by atoms with Crippen LogP contribution in [0.15, 0.2) is 48.5 Å². The predicted molar refractivity (Wildman–Crippen MR) is 109 cm³/mol. The van der Waals surface area contributed by atoms with Gasteiger partial charge in [-0.3, -0.25) is 4.79 Å². The predicted octanol–water partition coefficient (Wildman–Crippen LogP) is 4.11. The van der Waals surface area contributed by atoms with Crippen LogP contribution >= 0.6 is 0 Å². The zero-order valence-electron chi connectivity index (χ0n) is 16.6. The highest BCUT2D eigenvalue weighted by Gasteiger charge is 2.26. The molecule has 2 N–H and O–H groups in total. The number of allylic oxidation sites excluding steroid dienone is 2. The molecular weight excluding hydrogens is 354 g/mol. The monoisotopic (exact) mass is 381 g/mol. The molecule has 2 atom stereocenters. The summed E-state index contributed by atoms with van der Waals surface area (Å²) in [5.41, 5.74) is 10.8. The van der Waals surface area contributed by atoms with Crippen LogP contribution < -0.4 is 15.2 Å². The summed E-state index contributed by atoms with van der Waals surface area (Å²) < 4.78 is 15.6. The molecule has 1 aliphatic carbocycles. The Labute approximate surface area is 166 Å². The van der Waals surface area contributed by atoms with Crippen molar-refractivity contribution in [3.63, 3.8) is 0 Å². The van der Waals surface area contributed by atoms with E-state index in [9.17, 15) is 4.79 Å². The molecule has 0 heterocycles. The normalized spacial score (nSPS) is 17.4. The fourth-order valence-electron chi connectivity index (χ4n) is 3.70. The van der Waals surface area contributed by atoms with Gasteiger partial charge in [0, 0.05) is 0 Å². The van der Waals surface area contributed by atoms with Crippen molar-refractivity contribution in [3.8, 4) is 11.5 Å². The minimum atomic E-state index is -0.300. The maximum absolute atomic E-state index is 12.1. The zero-order chi connectivity index (χ0) is 20.1. The number of ether oxygens (including phenoxy) is 3. The molecule has 3 rings (SSSR count). The van der Waals surface area contributed by atoms with E-state index in [-0.39, 0.29) is 17.9 Å². The van der Waals surface area contributed by atoms with Crippen molar-refractivity contribution < 1.29 is 19.0 Å². The van der Waals surface area contributed by atoms with Gasteiger partial charge < -0.3 is 19.9 Å². The van der Waals surface area contributed by atoms with Gasteiger partial charge in [-0.2, -0.15) is 0 Å². The van der Waals surface area contributed by atoms with Crippen molar-refractivity contribution >= 4 is 11.5 Å². The Morgan fingerprint density at radius 1 is 1.04 bits per heavy atom. The standard InChI is InChI=1S/C23H27NO4/c1-26-18-9-7-15(8-10-18)22(24)20-12-11-19(27-2)14-21(20)16-5-4-6-17(13-16)23(25)28-3/h5,7-12,14,17,22H,4,6,13,24H2,1-3H3. The summed E-state index contributed by atoms with van der Waals surface area (Å²) in [6.07, 6.45) is 4.48. The maximum atomic E-state index is 12.1. The van der Waals surface area contributed by atoms with Crippen LogP contribution in [-0.2, 0) is 9.53 Å². The first-order valence-electron chi connectivity index (χ1n) is 9.42. The molecule has 5 heteroatoms. The van der Waals surface area contributed by atoms with Crippen molar-refractivity contribution in [1.29, 1.82) is 0 Å². The largest absolute Gasteiger partial charge is 0.497 e. The van der Waals surface area contributed by atoms with Crippen molar-refractivity contribution in [2.45, 2.75) is 25.3 Å². The molecule has 0 fully saturated rings. The van der Waals surface area contributed by atoms with Crippen LogP contribution in [0.2, 0.25) is 0 Å². The molecule has 5 nitrogen and oxygen atoms in total. The van der Waals surface area contributed by atoms with E-state index in [1.165, 1.54) is 7.11 Å². The van der Waals surface area contributed by atoms with E-state index in [1.807, 2.05) is 42.5 Å². The number of carbonyl (C=O) groups excluding carboxylic acids is 1. The van der Waals surface area contributed by atoms with Gasteiger partial charge in [0.2, 0.25) is 0 Å². The van der Waals surface area contributed by atoms with Crippen molar-refractivity contribution in [2.24, 2.45) is 11.7 Å². The highest BCUT2D eigenvalue weighted by Crippen LogP contribution is 2.37. The molecule has 1 aliphatic rings. The van der Waals surface area contributed by atoms with Crippen LogP contribution in [-0.4, -0.2) is 27.3 Å². The lowest BCUT2D eigenvalue weighted by Crippen LogP contribution is -2.20. The Hall–Kier alpha value is -2.79. The highest BCUT2D eigenvalue weighted by molar-refractivity contribution is 5.79. The first-order valence-corrected chi connectivity index (χ1v) is 9.42. The van der Waals surface area contributed by atoms with Crippen LogP contribution in [0.1, 0.15) is 42.0 Å². The number of methoxy groups -OCH3 is 3. The summed E-state index contributed by atoms with van der Waals surface area (Å²) in [7, 11) is 4.73. The Morgan fingerprint density at radius 3 is 2.36 bits per heavy atom. The maximum Gasteiger partial charge on any atom is 0.309 e. The summed E-state index contributed by atoms with van der Waals surface area (Å²) in [4.78, 5) is 12.1. The molecule has 0 saturated carbocycles. The van der Waals surface area contributed by atoms with Gasteiger partial charge in [0.05, 0.1) is 33.3 Å². The Balaban J connectivity index is 1.98. The number of benzene rings is 2. The Kier molecular flexibility index (Phi) is 6.37. The van der Waals surface area contributed by atoms with E-state index in [0.717, 1.165) is 46.6 Å². The number of nitrogens with two attached hydrogens (primary N) is 1. The van der Waals surface area contributed by atoms with E-state index >= 15 is 0 Å². The number of hydrogen-bond acceptors (Lipinski definition) is 5. The highest BCUT2D eigenvalue weighted by atomic mass is 16.5. The second-order valence-corrected chi connectivity index (χ2v) is 6.93. The van der Waals surface area contributed by atoms with Crippen molar-refractivity contribution in [2.75, 3.05) is 21.3 Å². The topological polar surface area (TPSA) is 70.8 Å². The molecule has 0 saturated heterocycles. The molecule has 0 spiro atoms. The van der Waals surface area contributed by atoms with Gasteiger partial charge in [-0.05, 0) is 65.8 Å². The van der Waals surface area contributed by atoms with Crippen LogP contribution in [0.3, 0.4) is 0 Å². The van der Waals surface area contributed by atoms with Gasteiger partial charge in [-0.25, -0.2) is 0 Å². The third-order valence-electron chi connectivity index (χ3n) is 5.32. The second-order valence-electron chi connectivity index (χ2n) is 6.93. The SMILES string of the molecule is COC(=O)C1CCC=C(c2cc(OC)ccc2C(N)c2ccc(OC)cc2)C1. The fourth-order valence-corrected chi connectivity index (χ4v) is 3.70. The Bertz CT molecular complexity index is 857. The molecule has 0 amide bonds. The molecule has 0 radical (unpaired) electrons. The fraction of sp³-hybridized carbons (Fsp3) is 0.348. The van der Waals surface area contributed by atoms with E-state index in [4.69, 9.17) is 19.9 Å². The summed E-state index contributed by atoms with van der Waals surface area (Å²) >= 11 is 0. The van der Waals surface area contributed by atoms with Gasteiger partial charge in [-0.15, -0.1) is 0 Å². The quantitative estimate of drug-likeness (QED) is 0.763. The Morgan fingerprint density at radius 2 is 1.71 bits per heavy atom. The van der Waals surface area contributed by atoms with Crippen LogP contribution in [0.25, 0.3) is 5.57 Å². The molecule has 0 aliphatic heterocycles. The van der Waals surface area contributed by atoms with Gasteiger partial charge in [0.1, 0.15) is 11.5 Å². The lowest BCUT2D eigenvalue weighted by molar-refractivity contribution is -0.145. The number of rotatable bonds is 6. The molecular formula is C23H27NO4. The summed E-state index contributed by atoms with van der Waals surface area (Å²) in [5.74, 6) is 1.28. The van der Waals surface area contributed by atoms with Crippen LogP contribution in [0, 0.1) is 5.92 Å².